The molecular formula is C11H16N4O2. The Balaban J connectivity index is 1.65. The first-order valence-electron chi connectivity index (χ1n) is 5.78. The number of anilines is 1. The molecule has 1 aromatic rings. The van der Waals surface area contributed by atoms with Crippen LogP contribution in [0.2, 0.25) is 0 Å². The Hall–Kier alpha value is -1.69. The maximum atomic E-state index is 10.5. The molecule has 0 atom stereocenters. The van der Waals surface area contributed by atoms with Gasteiger partial charge in [-0.15, -0.1) is 0 Å². The summed E-state index contributed by atoms with van der Waals surface area (Å²) >= 11 is 0. The predicted molar refractivity (Wildman–Crippen MR) is 63.1 cm³/mol. The van der Waals surface area contributed by atoms with Crippen molar-refractivity contribution < 1.29 is 9.90 Å². The van der Waals surface area contributed by atoms with Crippen LogP contribution < -0.4 is 10.6 Å². The number of aromatic carboxylic acids is 1. The molecule has 17 heavy (non-hydrogen) atoms. The van der Waals surface area contributed by atoms with Crippen LogP contribution in [0.3, 0.4) is 0 Å². The maximum Gasteiger partial charge on any atom is 0.356 e. The van der Waals surface area contributed by atoms with Gasteiger partial charge < -0.3 is 15.7 Å². The lowest BCUT2D eigenvalue weighted by Crippen LogP contribution is -2.20. The van der Waals surface area contributed by atoms with E-state index < -0.39 is 5.97 Å². The van der Waals surface area contributed by atoms with Gasteiger partial charge in [0.05, 0.1) is 12.4 Å². The number of carboxylic acid groups (broad SMARTS) is 1. The lowest BCUT2D eigenvalue weighted by molar-refractivity contribution is 0.0690. The van der Waals surface area contributed by atoms with E-state index in [0.717, 1.165) is 25.6 Å². The second-order valence-corrected chi connectivity index (χ2v) is 4.10. The smallest absolute Gasteiger partial charge is 0.356 e. The van der Waals surface area contributed by atoms with E-state index >= 15 is 0 Å². The van der Waals surface area contributed by atoms with Gasteiger partial charge in [0.2, 0.25) is 0 Å². The molecule has 1 heterocycles. The first-order chi connectivity index (χ1) is 8.25. The summed E-state index contributed by atoms with van der Waals surface area (Å²) in [4.78, 5) is 18.3. The first-order valence-corrected chi connectivity index (χ1v) is 5.78. The van der Waals surface area contributed by atoms with Gasteiger partial charge in [-0.2, -0.15) is 0 Å². The van der Waals surface area contributed by atoms with Gasteiger partial charge in [0, 0.05) is 12.6 Å². The van der Waals surface area contributed by atoms with Gasteiger partial charge in [-0.25, -0.2) is 14.8 Å². The number of rotatable bonds is 7. The molecule has 2 rings (SSSR count). The van der Waals surface area contributed by atoms with Gasteiger partial charge in [-0.3, -0.25) is 0 Å². The zero-order chi connectivity index (χ0) is 12.1. The summed E-state index contributed by atoms with van der Waals surface area (Å²) in [5, 5.41) is 15.2. The van der Waals surface area contributed by atoms with Crippen molar-refractivity contribution in [3.05, 3.63) is 18.1 Å². The molecule has 92 valence electrons. The summed E-state index contributed by atoms with van der Waals surface area (Å²) in [5.41, 5.74) is -0.0362. The van der Waals surface area contributed by atoms with E-state index in [-0.39, 0.29) is 5.69 Å². The molecule has 0 amide bonds. The average Bonchev–Trinajstić information content (AvgIpc) is 3.13. The van der Waals surface area contributed by atoms with Gasteiger partial charge >= 0.3 is 5.97 Å². The fraction of sp³-hybridized carbons (Fsp3) is 0.545. The van der Waals surface area contributed by atoms with Crippen molar-refractivity contribution in [2.75, 3.05) is 18.4 Å². The Kier molecular flexibility index (Phi) is 3.87. The van der Waals surface area contributed by atoms with Crippen LogP contribution in [0.15, 0.2) is 12.4 Å². The summed E-state index contributed by atoms with van der Waals surface area (Å²) in [5.74, 6) is -0.445. The highest BCUT2D eigenvalue weighted by molar-refractivity contribution is 5.84. The van der Waals surface area contributed by atoms with Crippen LogP contribution in [0.1, 0.15) is 29.8 Å². The van der Waals surface area contributed by atoms with Crippen LogP contribution in [0.4, 0.5) is 5.82 Å². The fourth-order valence-electron chi connectivity index (χ4n) is 1.43. The van der Waals surface area contributed by atoms with E-state index in [0.29, 0.717) is 5.82 Å². The molecule has 3 N–H and O–H groups in total. The zero-order valence-electron chi connectivity index (χ0n) is 9.52. The summed E-state index contributed by atoms with van der Waals surface area (Å²) in [6.45, 7) is 1.80. The predicted octanol–water partition coefficient (Wildman–Crippen LogP) is 0.729. The van der Waals surface area contributed by atoms with Crippen LogP contribution in [-0.2, 0) is 0 Å². The Morgan fingerprint density at radius 2 is 2.18 bits per heavy atom. The zero-order valence-corrected chi connectivity index (χ0v) is 9.52. The summed E-state index contributed by atoms with van der Waals surface area (Å²) < 4.78 is 0. The largest absolute Gasteiger partial charge is 0.476 e. The molecule has 6 heteroatoms. The second kappa shape index (κ2) is 5.58. The SMILES string of the molecule is O=C(O)c1cnc(NCCCNC2CC2)cn1. The highest BCUT2D eigenvalue weighted by Gasteiger charge is 2.19. The van der Waals surface area contributed by atoms with Crippen molar-refractivity contribution in [2.24, 2.45) is 0 Å². The third-order valence-corrected chi connectivity index (χ3v) is 2.54. The molecule has 0 aromatic carbocycles. The number of hydrogen-bond donors (Lipinski definition) is 3. The number of carboxylic acids is 1. The van der Waals surface area contributed by atoms with Gasteiger partial charge in [0.15, 0.2) is 5.69 Å². The molecule has 1 aliphatic rings. The summed E-state index contributed by atoms with van der Waals surface area (Å²) in [6, 6.07) is 0.740. The van der Waals surface area contributed by atoms with Crippen molar-refractivity contribution in [3.8, 4) is 0 Å². The first kappa shape index (κ1) is 11.8. The Bertz CT molecular complexity index is 376. The molecule has 1 aromatic heterocycles. The molecule has 0 aliphatic heterocycles. The summed E-state index contributed by atoms with van der Waals surface area (Å²) in [6.07, 6.45) is 6.31. The topological polar surface area (TPSA) is 87.1 Å². The molecule has 1 fully saturated rings. The minimum absolute atomic E-state index is 0.0362. The van der Waals surface area contributed by atoms with E-state index in [2.05, 4.69) is 20.6 Å². The van der Waals surface area contributed by atoms with Crippen LogP contribution in [0.5, 0.6) is 0 Å². The third kappa shape index (κ3) is 3.99. The minimum Gasteiger partial charge on any atom is -0.476 e. The number of carbonyl (C=O) groups is 1. The normalized spacial score (nSPS) is 14.6. The quantitative estimate of drug-likeness (QED) is 0.605. The van der Waals surface area contributed by atoms with Crippen LogP contribution in [-0.4, -0.2) is 40.2 Å². The highest BCUT2D eigenvalue weighted by Crippen LogP contribution is 2.18. The molecule has 0 radical (unpaired) electrons. The standard InChI is InChI=1S/C11H16N4O2/c16-11(17)9-6-15-10(7-14-9)13-5-1-4-12-8-2-3-8/h6-8,12H,1-5H2,(H,13,15)(H,16,17). The maximum absolute atomic E-state index is 10.5. The molecule has 1 aliphatic carbocycles. The molecule has 0 bridgehead atoms. The van der Waals surface area contributed by atoms with Gasteiger partial charge in [0.25, 0.3) is 0 Å². The third-order valence-electron chi connectivity index (χ3n) is 2.54. The lowest BCUT2D eigenvalue weighted by atomic mass is 10.4. The Morgan fingerprint density at radius 3 is 2.76 bits per heavy atom. The van der Waals surface area contributed by atoms with Crippen molar-refractivity contribution in [1.82, 2.24) is 15.3 Å². The van der Waals surface area contributed by atoms with E-state index in [4.69, 9.17) is 5.11 Å². The lowest BCUT2D eigenvalue weighted by Gasteiger charge is -2.05. The average molecular weight is 236 g/mol. The molecule has 6 nitrogen and oxygen atoms in total. The Labute approximate surface area is 99.5 Å². The number of nitrogens with zero attached hydrogens (tertiary/aromatic N) is 2. The second-order valence-electron chi connectivity index (χ2n) is 4.10. The molecule has 0 saturated heterocycles. The van der Waals surface area contributed by atoms with Crippen molar-refractivity contribution in [3.63, 3.8) is 0 Å². The monoisotopic (exact) mass is 236 g/mol. The number of nitrogens with one attached hydrogen (secondary N) is 2. The van der Waals surface area contributed by atoms with Crippen LogP contribution in [0, 0.1) is 0 Å². The van der Waals surface area contributed by atoms with Crippen LogP contribution >= 0.6 is 0 Å². The number of hydrogen-bond acceptors (Lipinski definition) is 5. The van der Waals surface area contributed by atoms with E-state index in [1.165, 1.54) is 25.2 Å². The molecule has 0 unspecified atom stereocenters. The van der Waals surface area contributed by atoms with E-state index in [1.54, 1.807) is 0 Å². The van der Waals surface area contributed by atoms with Gasteiger partial charge in [0.1, 0.15) is 5.82 Å². The summed E-state index contributed by atoms with van der Waals surface area (Å²) in [7, 11) is 0. The van der Waals surface area contributed by atoms with Gasteiger partial charge in [-0.1, -0.05) is 0 Å². The molecule has 1 saturated carbocycles. The van der Waals surface area contributed by atoms with E-state index in [9.17, 15) is 4.79 Å². The van der Waals surface area contributed by atoms with Crippen LogP contribution in [0.25, 0.3) is 0 Å². The van der Waals surface area contributed by atoms with E-state index in [1.807, 2.05) is 0 Å². The minimum atomic E-state index is -1.06. The molecule has 0 spiro atoms. The number of aromatic nitrogens is 2. The highest BCUT2D eigenvalue weighted by atomic mass is 16.4. The fourth-order valence-corrected chi connectivity index (χ4v) is 1.43. The van der Waals surface area contributed by atoms with Gasteiger partial charge in [-0.05, 0) is 25.8 Å². The molecular weight excluding hydrogens is 220 g/mol. The van der Waals surface area contributed by atoms with Crippen molar-refractivity contribution >= 4 is 11.8 Å². The van der Waals surface area contributed by atoms with Crippen molar-refractivity contribution in [1.29, 1.82) is 0 Å². The Morgan fingerprint density at radius 1 is 1.35 bits per heavy atom. The van der Waals surface area contributed by atoms with Crippen molar-refractivity contribution in [2.45, 2.75) is 25.3 Å².